The van der Waals surface area contributed by atoms with Crippen molar-refractivity contribution < 1.29 is 72.5 Å². The van der Waals surface area contributed by atoms with Crippen LogP contribution in [0.5, 0.6) is 0 Å². The summed E-state index contributed by atoms with van der Waals surface area (Å²) in [5, 5.41) is 10.4. The van der Waals surface area contributed by atoms with Gasteiger partial charge in [0.2, 0.25) is 0 Å². The zero-order valence-electron chi connectivity index (χ0n) is 18.4. The van der Waals surface area contributed by atoms with Crippen molar-refractivity contribution in [2.24, 2.45) is 0 Å². The fraction of sp³-hybridized carbons (Fsp3) is 1.00. The Bertz CT molecular complexity index is 568. The minimum atomic E-state index is -10.7. The van der Waals surface area contributed by atoms with E-state index < -0.39 is 15.6 Å². The van der Waals surface area contributed by atoms with Gasteiger partial charge in [-0.15, -0.1) is 0 Å². The maximum absolute atomic E-state index is 10.7. The number of hydrogen-bond acceptors (Lipinski definition) is 5. The number of nitrogens with zero attached hydrogens (tertiary/aromatic N) is 4. The van der Waals surface area contributed by atoms with E-state index in [4.69, 9.17) is 0 Å². The third-order valence-electron chi connectivity index (χ3n) is 4.48. The molecule has 5 nitrogen and oxygen atoms in total. The molecule has 2 aliphatic heterocycles. The number of fused-ring (bicyclic) bond motifs is 3. The van der Waals surface area contributed by atoms with E-state index in [1.165, 1.54) is 13.0 Å². The molecule has 20 heteroatoms. The summed E-state index contributed by atoms with van der Waals surface area (Å²) in [5.74, 6) is 0. The number of rotatable bonds is 0. The number of aliphatic hydroxyl groups is 1. The topological polar surface area (TPSA) is 33.2 Å². The van der Waals surface area contributed by atoms with Crippen LogP contribution in [0.3, 0.4) is 0 Å². The Balaban J connectivity index is 0. The van der Waals surface area contributed by atoms with Gasteiger partial charge in [0.15, 0.2) is 0 Å². The largest absolute Gasteiger partial charge is 2.00 e. The van der Waals surface area contributed by atoms with Crippen molar-refractivity contribution in [2.45, 2.75) is 19.1 Å². The van der Waals surface area contributed by atoms with E-state index in [9.17, 15) is 55.5 Å². The molecule has 0 amide bonds. The second kappa shape index (κ2) is 11.0. The van der Waals surface area contributed by atoms with Gasteiger partial charge in [-0.2, -0.15) is 0 Å². The SMILES string of the molecule is CN1CCC(O)N2CCN(C)CCCN(CC1)CC2.F[P-](F)(F)(F)(F)F.F[P-](F)(F)(F)(F)F.[Mn+2]. The molecular formula is C14H30F12MnN4OP2. The Kier molecular flexibility index (Phi) is 11.8. The van der Waals surface area contributed by atoms with E-state index in [-0.39, 0.29) is 23.3 Å². The fourth-order valence-electron chi connectivity index (χ4n) is 2.93. The molecule has 0 aliphatic carbocycles. The Labute approximate surface area is 200 Å². The number of hydrogen-bond donors (Lipinski definition) is 1. The first kappa shape index (κ1) is 36.5. The molecule has 1 radical (unpaired) electrons. The van der Waals surface area contributed by atoms with Crippen molar-refractivity contribution in [2.75, 3.05) is 73.0 Å². The molecule has 0 aromatic rings. The van der Waals surface area contributed by atoms with Crippen LogP contribution in [0.25, 0.3) is 0 Å². The molecule has 0 saturated carbocycles. The molecule has 2 bridgehead atoms. The van der Waals surface area contributed by atoms with Gasteiger partial charge >= 0.3 is 83.0 Å². The van der Waals surface area contributed by atoms with Crippen molar-refractivity contribution in [3.8, 4) is 0 Å². The standard InChI is InChI=1S/C14H30N4O.2F6P.Mn/c1-15-5-3-6-17-10-8-16(2)7-4-14(19)18(12-9-15)13-11-17;2*1-7(2,3,4,5)6;/h14,19H,3-13H2,1-2H3;;;/q;2*-1;+2. The van der Waals surface area contributed by atoms with Crippen molar-refractivity contribution in [1.29, 1.82) is 0 Å². The molecule has 3 atom stereocenters. The van der Waals surface area contributed by atoms with Crippen LogP contribution in [0.1, 0.15) is 12.8 Å². The average molecular weight is 615 g/mol. The molecule has 0 spiro atoms. The van der Waals surface area contributed by atoms with E-state index in [0.717, 1.165) is 58.8 Å². The van der Waals surface area contributed by atoms with Crippen LogP contribution >= 0.6 is 15.6 Å². The first-order valence-corrected chi connectivity index (χ1v) is 13.8. The summed E-state index contributed by atoms with van der Waals surface area (Å²) in [5.41, 5.74) is 0. The van der Waals surface area contributed by atoms with Gasteiger partial charge in [-0.05, 0) is 40.0 Å². The molecule has 2 fully saturated rings. The molecule has 2 rings (SSSR count). The fourth-order valence-corrected chi connectivity index (χ4v) is 2.93. The van der Waals surface area contributed by atoms with Crippen molar-refractivity contribution in [3.63, 3.8) is 0 Å². The number of aliphatic hydroxyl groups excluding tert-OH is 1. The third kappa shape index (κ3) is 34.5. The quantitative estimate of drug-likeness (QED) is 0.196. The summed E-state index contributed by atoms with van der Waals surface area (Å²) in [6.45, 7) is 9.74. The van der Waals surface area contributed by atoms with Crippen LogP contribution in [0.15, 0.2) is 0 Å². The van der Waals surface area contributed by atoms with Gasteiger partial charge in [0, 0.05) is 45.8 Å². The van der Waals surface area contributed by atoms with E-state index in [1.807, 2.05) is 0 Å². The summed E-state index contributed by atoms with van der Waals surface area (Å²) in [7, 11) is -17.0. The zero-order chi connectivity index (χ0) is 26.5. The predicted molar refractivity (Wildman–Crippen MR) is 105 cm³/mol. The minimum absolute atomic E-state index is 0. The molecule has 2 aliphatic rings. The average Bonchev–Trinajstić information content (AvgIpc) is 2.50. The maximum Gasteiger partial charge on any atom is 2.00 e. The summed E-state index contributed by atoms with van der Waals surface area (Å²) in [6.07, 6.45) is 1.83. The minimum Gasteiger partial charge on any atom is 2.00 e. The molecule has 0 aromatic carbocycles. The molecule has 1 N–H and O–H groups in total. The molecule has 0 aromatic heterocycles. The second-order valence-corrected chi connectivity index (χ2v) is 11.9. The zero-order valence-corrected chi connectivity index (χ0v) is 21.4. The second-order valence-electron chi connectivity index (χ2n) is 8.02. The van der Waals surface area contributed by atoms with Gasteiger partial charge in [0.1, 0.15) is 6.23 Å². The van der Waals surface area contributed by atoms with E-state index in [0.29, 0.717) is 0 Å². The van der Waals surface area contributed by atoms with Crippen LogP contribution in [0.4, 0.5) is 50.4 Å². The van der Waals surface area contributed by atoms with Gasteiger partial charge in [-0.1, -0.05) is 0 Å². The summed E-state index contributed by atoms with van der Waals surface area (Å²) in [4.78, 5) is 9.55. The first-order valence-electron chi connectivity index (χ1n) is 9.69. The molecular weight excluding hydrogens is 585 g/mol. The van der Waals surface area contributed by atoms with Crippen LogP contribution < -0.4 is 0 Å². The number of likely N-dealkylation sites (N-methyl/N-ethyl adjacent to an activating group) is 2. The smallest absolute Gasteiger partial charge is 2.00 e. The van der Waals surface area contributed by atoms with Crippen LogP contribution in [0, 0.1) is 0 Å². The van der Waals surface area contributed by atoms with Crippen LogP contribution in [-0.2, 0) is 17.1 Å². The van der Waals surface area contributed by atoms with Crippen LogP contribution in [-0.4, -0.2) is 104 Å². The van der Waals surface area contributed by atoms with Crippen LogP contribution in [0.2, 0.25) is 0 Å². The van der Waals surface area contributed by atoms with Gasteiger partial charge in [0.05, 0.1) is 0 Å². The summed E-state index contributed by atoms with van der Waals surface area (Å²) < 4.78 is 118. The Morgan fingerprint density at radius 3 is 1.38 bits per heavy atom. The first-order chi connectivity index (χ1) is 14.0. The van der Waals surface area contributed by atoms with Gasteiger partial charge in [-0.3, -0.25) is 4.90 Å². The van der Waals surface area contributed by atoms with E-state index in [1.54, 1.807) is 0 Å². The Hall–Kier alpha value is 0.339. The summed E-state index contributed by atoms with van der Waals surface area (Å²) in [6, 6.07) is 0. The monoisotopic (exact) mass is 615 g/mol. The van der Waals surface area contributed by atoms with E-state index in [2.05, 4.69) is 33.7 Å². The maximum atomic E-state index is 10.4. The van der Waals surface area contributed by atoms with Crippen molar-refractivity contribution >= 4 is 15.6 Å². The Morgan fingerprint density at radius 2 is 0.912 bits per heavy atom. The molecule has 34 heavy (non-hydrogen) atoms. The normalized spacial score (nSPS) is 30.3. The van der Waals surface area contributed by atoms with E-state index >= 15 is 0 Å². The molecule has 3 unspecified atom stereocenters. The molecule has 213 valence electrons. The van der Waals surface area contributed by atoms with Crippen molar-refractivity contribution in [1.82, 2.24) is 19.6 Å². The third-order valence-corrected chi connectivity index (χ3v) is 4.48. The molecule has 2 heterocycles. The van der Waals surface area contributed by atoms with Gasteiger partial charge in [-0.25, -0.2) is 0 Å². The number of halogens is 12. The summed E-state index contributed by atoms with van der Waals surface area (Å²) >= 11 is 0. The Morgan fingerprint density at radius 1 is 0.559 bits per heavy atom. The van der Waals surface area contributed by atoms with Gasteiger partial charge < -0.3 is 19.8 Å². The molecule has 2 saturated heterocycles. The predicted octanol–water partition coefficient (Wildman–Crippen LogP) is 6.34. The van der Waals surface area contributed by atoms with Gasteiger partial charge in [0.25, 0.3) is 0 Å². The van der Waals surface area contributed by atoms with Crippen molar-refractivity contribution in [3.05, 3.63) is 0 Å².